The van der Waals surface area contributed by atoms with Gasteiger partial charge in [-0.3, -0.25) is 4.98 Å². The molecule has 0 spiro atoms. The molecule has 1 aliphatic heterocycles. The number of hydrogen-bond acceptors (Lipinski definition) is 1. The fourth-order valence-electron chi connectivity index (χ4n) is 3.77. The van der Waals surface area contributed by atoms with Crippen molar-refractivity contribution in [1.29, 1.82) is 0 Å². The van der Waals surface area contributed by atoms with Crippen molar-refractivity contribution >= 4 is 0 Å². The van der Waals surface area contributed by atoms with Crippen molar-refractivity contribution in [2.75, 3.05) is 0 Å². The molecule has 0 saturated heterocycles. The summed E-state index contributed by atoms with van der Waals surface area (Å²) in [4.78, 5) is 4.28. The van der Waals surface area contributed by atoms with Crippen LogP contribution in [-0.4, -0.2) is 4.98 Å². The average molecular weight is 271 g/mol. The van der Waals surface area contributed by atoms with E-state index in [4.69, 9.17) is 0 Å². The molecule has 0 saturated carbocycles. The highest BCUT2D eigenvalue weighted by atomic mass is 15.0. The molecule has 0 N–H and O–H groups in total. The highest BCUT2D eigenvalue weighted by Crippen LogP contribution is 2.36. The van der Waals surface area contributed by atoms with Crippen LogP contribution in [0, 0.1) is 0 Å². The van der Waals surface area contributed by atoms with Gasteiger partial charge in [0.15, 0.2) is 12.7 Å². The summed E-state index contributed by atoms with van der Waals surface area (Å²) in [5.41, 5.74) is 10.1. The smallest absolute Gasteiger partial charge is 0.231 e. The van der Waals surface area contributed by atoms with Crippen LogP contribution < -0.4 is 4.57 Å². The topological polar surface area (TPSA) is 16.8 Å². The zero-order valence-corrected chi connectivity index (χ0v) is 11.7. The summed E-state index contributed by atoms with van der Waals surface area (Å²) >= 11 is 0. The molecule has 0 radical (unpaired) electrons. The summed E-state index contributed by atoms with van der Waals surface area (Å²) in [5, 5.41) is 0. The van der Waals surface area contributed by atoms with E-state index in [2.05, 4.69) is 52.1 Å². The SMILES string of the molecule is c1ccc2c(c1)Cc1ccc3c(c1C2)C[n+]1ccncc1-3. The first-order chi connectivity index (χ1) is 10.4. The van der Waals surface area contributed by atoms with Gasteiger partial charge in [-0.1, -0.05) is 30.3 Å². The van der Waals surface area contributed by atoms with Crippen molar-refractivity contribution in [2.45, 2.75) is 19.4 Å². The molecule has 2 aliphatic rings. The molecule has 3 aromatic rings. The summed E-state index contributed by atoms with van der Waals surface area (Å²) in [5.74, 6) is 0. The molecule has 5 rings (SSSR count). The van der Waals surface area contributed by atoms with Crippen LogP contribution in [0.1, 0.15) is 27.8 Å². The summed E-state index contributed by atoms with van der Waals surface area (Å²) in [7, 11) is 0. The number of aromatic nitrogens is 2. The minimum Gasteiger partial charge on any atom is -0.252 e. The van der Waals surface area contributed by atoms with Crippen molar-refractivity contribution in [2.24, 2.45) is 0 Å². The van der Waals surface area contributed by atoms with Gasteiger partial charge in [-0.05, 0) is 41.2 Å². The van der Waals surface area contributed by atoms with Gasteiger partial charge in [0.25, 0.3) is 0 Å². The third-order valence-electron chi connectivity index (χ3n) is 4.84. The number of benzene rings is 2. The first-order valence-corrected chi connectivity index (χ1v) is 7.44. The maximum absolute atomic E-state index is 4.28. The van der Waals surface area contributed by atoms with Crippen LogP contribution in [0.5, 0.6) is 0 Å². The van der Waals surface area contributed by atoms with E-state index in [0.717, 1.165) is 19.4 Å². The number of hydrogen-bond donors (Lipinski definition) is 0. The van der Waals surface area contributed by atoms with Gasteiger partial charge >= 0.3 is 0 Å². The van der Waals surface area contributed by atoms with Crippen molar-refractivity contribution in [3.63, 3.8) is 0 Å². The van der Waals surface area contributed by atoms with Crippen molar-refractivity contribution in [3.05, 3.63) is 82.8 Å². The molecular weight excluding hydrogens is 256 g/mol. The Bertz CT molecular complexity index is 880. The molecule has 0 amide bonds. The van der Waals surface area contributed by atoms with Gasteiger partial charge in [0, 0.05) is 5.56 Å². The minimum atomic E-state index is 0.985. The Labute approximate surface area is 123 Å². The molecule has 0 fully saturated rings. The van der Waals surface area contributed by atoms with E-state index < -0.39 is 0 Å². The van der Waals surface area contributed by atoms with Crippen molar-refractivity contribution in [1.82, 2.24) is 4.98 Å². The maximum Gasteiger partial charge on any atom is 0.231 e. The fourth-order valence-corrected chi connectivity index (χ4v) is 3.77. The van der Waals surface area contributed by atoms with Crippen LogP contribution in [0.15, 0.2) is 55.0 Å². The number of nitrogens with zero attached hydrogens (tertiary/aromatic N) is 2. The fraction of sp³-hybridized carbons (Fsp3) is 0.158. The standard InChI is InChI=1S/C19H15N2/c1-2-4-14-10-17-15(9-13(14)3-1)5-6-16-18(17)12-21-8-7-20-11-19(16)21/h1-8,11H,9-10,12H2/q+1. The van der Waals surface area contributed by atoms with E-state index in [-0.39, 0.29) is 0 Å². The Morgan fingerprint density at radius 2 is 1.71 bits per heavy atom. The Balaban J connectivity index is 1.70. The molecule has 2 nitrogen and oxygen atoms in total. The van der Waals surface area contributed by atoms with Crippen LogP contribution in [0.4, 0.5) is 0 Å². The Kier molecular flexibility index (Phi) is 2.14. The normalized spacial score (nSPS) is 14.1. The van der Waals surface area contributed by atoms with Crippen LogP contribution in [0.25, 0.3) is 11.3 Å². The predicted octanol–water partition coefficient (Wildman–Crippen LogP) is 2.89. The number of fused-ring (bicyclic) bond motifs is 6. The first kappa shape index (κ1) is 11.2. The van der Waals surface area contributed by atoms with E-state index in [1.54, 1.807) is 0 Å². The van der Waals surface area contributed by atoms with E-state index in [9.17, 15) is 0 Å². The van der Waals surface area contributed by atoms with Crippen LogP contribution in [-0.2, 0) is 19.4 Å². The lowest BCUT2D eigenvalue weighted by Gasteiger charge is -2.21. The molecule has 2 heterocycles. The second-order valence-corrected chi connectivity index (χ2v) is 5.94. The highest BCUT2D eigenvalue weighted by molar-refractivity contribution is 5.67. The molecule has 0 bridgehead atoms. The van der Waals surface area contributed by atoms with Crippen molar-refractivity contribution < 1.29 is 4.57 Å². The van der Waals surface area contributed by atoms with Gasteiger partial charge in [-0.2, -0.15) is 4.57 Å². The highest BCUT2D eigenvalue weighted by Gasteiger charge is 2.30. The molecule has 0 unspecified atom stereocenters. The Morgan fingerprint density at radius 3 is 2.62 bits per heavy atom. The van der Waals surface area contributed by atoms with E-state index in [0.29, 0.717) is 0 Å². The quantitative estimate of drug-likeness (QED) is 0.396. The van der Waals surface area contributed by atoms with Gasteiger partial charge in [0.05, 0.1) is 18.0 Å². The van der Waals surface area contributed by atoms with Crippen molar-refractivity contribution in [3.8, 4) is 11.3 Å². The number of rotatable bonds is 0. The van der Waals surface area contributed by atoms with E-state index in [1.165, 1.54) is 39.1 Å². The lowest BCUT2D eigenvalue weighted by atomic mass is 9.82. The zero-order chi connectivity index (χ0) is 13.8. The van der Waals surface area contributed by atoms with E-state index in [1.807, 2.05) is 12.4 Å². The van der Waals surface area contributed by atoms with E-state index >= 15 is 0 Å². The van der Waals surface area contributed by atoms with Crippen LogP contribution >= 0.6 is 0 Å². The molecule has 0 atom stereocenters. The second kappa shape index (κ2) is 4.01. The van der Waals surface area contributed by atoms with Gasteiger partial charge in [0.1, 0.15) is 0 Å². The molecule has 1 aromatic heterocycles. The monoisotopic (exact) mass is 271 g/mol. The first-order valence-electron chi connectivity index (χ1n) is 7.44. The molecule has 100 valence electrons. The lowest BCUT2D eigenvalue weighted by Crippen LogP contribution is -2.32. The van der Waals surface area contributed by atoms with Gasteiger partial charge in [-0.15, -0.1) is 0 Å². The average Bonchev–Trinajstić information content (AvgIpc) is 2.92. The molecule has 1 aliphatic carbocycles. The Hall–Kier alpha value is -2.48. The summed E-state index contributed by atoms with van der Waals surface area (Å²) in [6.07, 6.45) is 8.07. The van der Waals surface area contributed by atoms with Gasteiger partial charge in [0.2, 0.25) is 5.69 Å². The third-order valence-corrected chi connectivity index (χ3v) is 4.84. The minimum absolute atomic E-state index is 0.985. The summed E-state index contributed by atoms with van der Waals surface area (Å²) < 4.78 is 2.30. The summed E-state index contributed by atoms with van der Waals surface area (Å²) in [6, 6.07) is 13.4. The molecule has 21 heavy (non-hydrogen) atoms. The van der Waals surface area contributed by atoms with Crippen LogP contribution in [0.3, 0.4) is 0 Å². The zero-order valence-electron chi connectivity index (χ0n) is 11.7. The molecular formula is C19H15N2+. The summed E-state index contributed by atoms with van der Waals surface area (Å²) in [6.45, 7) is 0.985. The maximum atomic E-state index is 4.28. The Morgan fingerprint density at radius 1 is 0.857 bits per heavy atom. The second-order valence-electron chi connectivity index (χ2n) is 5.94. The van der Waals surface area contributed by atoms with Gasteiger partial charge in [-0.25, -0.2) is 0 Å². The predicted molar refractivity (Wildman–Crippen MR) is 81.0 cm³/mol. The lowest BCUT2D eigenvalue weighted by molar-refractivity contribution is -0.672. The third kappa shape index (κ3) is 1.53. The largest absolute Gasteiger partial charge is 0.252 e. The van der Waals surface area contributed by atoms with Gasteiger partial charge < -0.3 is 0 Å². The molecule has 2 heteroatoms. The van der Waals surface area contributed by atoms with Crippen LogP contribution in [0.2, 0.25) is 0 Å². The molecule has 2 aromatic carbocycles.